The summed E-state index contributed by atoms with van der Waals surface area (Å²) in [4.78, 5) is 1.12. The fraction of sp³-hybridized carbons (Fsp3) is 0.538. The molecule has 3 nitrogen and oxygen atoms in total. The Hall–Kier alpha value is -0.550. The highest BCUT2D eigenvalue weighted by Gasteiger charge is 2.05. The summed E-state index contributed by atoms with van der Waals surface area (Å²) in [5.41, 5.74) is 1.26. The summed E-state index contributed by atoms with van der Waals surface area (Å²) in [6.45, 7) is 5.01. The maximum absolute atomic E-state index is 9.25. The Balaban J connectivity index is 2.50. The topological polar surface area (TPSA) is 52.5 Å². The second-order valence-corrected chi connectivity index (χ2v) is 5.09. The van der Waals surface area contributed by atoms with Crippen molar-refractivity contribution in [2.45, 2.75) is 30.9 Å². The Bertz CT molecular complexity index is 316. The second kappa shape index (κ2) is 7.71. The normalized spacial score (nSPS) is 14.6. The number of nitrogens with one attached hydrogen (secondary N) is 1. The number of thioether (sulfide) groups is 1. The maximum Gasteiger partial charge on any atom is 0.0864 e. The first-order chi connectivity index (χ1) is 8.17. The molecule has 1 aromatic rings. The van der Waals surface area contributed by atoms with E-state index in [0.717, 1.165) is 11.4 Å². The highest BCUT2D eigenvalue weighted by molar-refractivity contribution is 7.99. The number of rotatable bonds is 7. The Labute approximate surface area is 107 Å². The van der Waals surface area contributed by atoms with Gasteiger partial charge < -0.3 is 15.5 Å². The zero-order chi connectivity index (χ0) is 12.7. The number of aliphatic hydroxyl groups excluding tert-OH is 2. The summed E-state index contributed by atoms with van der Waals surface area (Å²) < 4.78 is 0. The van der Waals surface area contributed by atoms with Gasteiger partial charge in [0.2, 0.25) is 0 Å². The molecule has 0 aliphatic rings. The van der Waals surface area contributed by atoms with Crippen LogP contribution < -0.4 is 5.32 Å². The first-order valence-corrected chi connectivity index (χ1v) is 6.91. The van der Waals surface area contributed by atoms with Crippen molar-refractivity contribution < 1.29 is 10.2 Å². The first-order valence-electron chi connectivity index (χ1n) is 5.92. The van der Waals surface area contributed by atoms with Gasteiger partial charge in [-0.2, -0.15) is 0 Å². The molecule has 0 spiro atoms. The second-order valence-electron chi connectivity index (χ2n) is 4.00. The molecular formula is C13H21NO2S. The van der Waals surface area contributed by atoms with Gasteiger partial charge in [-0.05, 0) is 31.2 Å². The van der Waals surface area contributed by atoms with E-state index in [9.17, 15) is 5.11 Å². The quantitative estimate of drug-likeness (QED) is 0.650. The molecule has 0 radical (unpaired) electrons. The number of hydrogen-bond donors (Lipinski definition) is 3. The minimum atomic E-state index is -0.639. The average Bonchev–Trinajstić information content (AvgIpc) is 2.36. The summed E-state index contributed by atoms with van der Waals surface area (Å²) in [6, 6.07) is 8.67. The van der Waals surface area contributed by atoms with Crippen LogP contribution in [0.5, 0.6) is 0 Å². The molecule has 0 bridgehead atoms. The van der Waals surface area contributed by atoms with Gasteiger partial charge in [-0.15, -0.1) is 11.8 Å². The summed E-state index contributed by atoms with van der Waals surface area (Å²) in [5.74, 6) is 0.526. The van der Waals surface area contributed by atoms with Crippen LogP contribution in [-0.2, 0) is 0 Å². The van der Waals surface area contributed by atoms with Crippen LogP contribution in [0.2, 0.25) is 0 Å². The van der Waals surface area contributed by atoms with E-state index in [1.54, 1.807) is 11.8 Å². The molecule has 0 fully saturated rings. The van der Waals surface area contributed by atoms with Gasteiger partial charge in [0.25, 0.3) is 0 Å². The Morgan fingerprint density at radius 2 is 1.94 bits per heavy atom. The van der Waals surface area contributed by atoms with Gasteiger partial charge in [0.1, 0.15) is 0 Å². The maximum atomic E-state index is 9.25. The number of aliphatic hydroxyl groups is 2. The third kappa shape index (κ3) is 5.08. The summed E-state index contributed by atoms with van der Waals surface area (Å²) in [5, 5.41) is 21.3. The molecule has 2 unspecified atom stereocenters. The van der Waals surface area contributed by atoms with Crippen molar-refractivity contribution in [3.8, 4) is 0 Å². The molecule has 0 saturated carbocycles. The molecule has 17 heavy (non-hydrogen) atoms. The van der Waals surface area contributed by atoms with Gasteiger partial charge in [0.05, 0.1) is 12.7 Å². The van der Waals surface area contributed by atoms with Gasteiger partial charge >= 0.3 is 0 Å². The monoisotopic (exact) mass is 255 g/mol. The summed E-state index contributed by atoms with van der Waals surface area (Å²) >= 11 is 1.56. The van der Waals surface area contributed by atoms with Crippen LogP contribution in [0.1, 0.15) is 25.5 Å². The van der Waals surface area contributed by atoms with Crippen LogP contribution in [0, 0.1) is 0 Å². The van der Waals surface area contributed by atoms with Crippen molar-refractivity contribution in [1.82, 2.24) is 5.32 Å². The SMILES string of the molecule is CCNC(C)c1ccc(SCC(O)CO)cc1. The van der Waals surface area contributed by atoms with E-state index in [2.05, 4.69) is 43.4 Å². The number of hydrogen-bond acceptors (Lipinski definition) is 4. The van der Waals surface area contributed by atoms with Gasteiger partial charge in [-0.1, -0.05) is 19.1 Å². The lowest BCUT2D eigenvalue weighted by atomic mass is 10.1. The first kappa shape index (κ1) is 14.5. The lowest BCUT2D eigenvalue weighted by Crippen LogP contribution is -2.17. The molecule has 1 aromatic carbocycles. The molecule has 0 saturated heterocycles. The zero-order valence-corrected chi connectivity index (χ0v) is 11.2. The molecule has 0 aromatic heterocycles. The van der Waals surface area contributed by atoms with Crippen molar-refractivity contribution in [2.24, 2.45) is 0 Å². The van der Waals surface area contributed by atoms with E-state index >= 15 is 0 Å². The van der Waals surface area contributed by atoms with Crippen molar-refractivity contribution >= 4 is 11.8 Å². The molecule has 0 heterocycles. The van der Waals surface area contributed by atoms with E-state index in [1.807, 2.05) is 0 Å². The molecular weight excluding hydrogens is 234 g/mol. The molecule has 2 atom stereocenters. The Kier molecular flexibility index (Phi) is 6.58. The van der Waals surface area contributed by atoms with E-state index < -0.39 is 6.10 Å². The molecule has 1 rings (SSSR count). The van der Waals surface area contributed by atoms with Gasteiger partial charge in [0.15, 0.2) is 0 Å². The fourth-order valence-corrected chi connectivity index (χ4v) is 2.34. The molecule has 0 aliphatic heterocycles. The van der Waals surface area contributed by atoms with E-state index in [4.69, 9.17) is 5.11 Å². The lowest BCUT2D eigenvalue weighted by molar-refractivity contribution is 0.113. The summed E-state index contributed by atoms with van der Waals surface area (Å²) in [6.07, 6.45) is -0.639. The molecule has 0 aliphatic carbocycles. The third-order valence-electron chi connectivity index (χ3n) is 2.54. The van der Waals surface area contributed by atoms with Crippen LogP contribution in [-0.4, -0.2) is 35.2 Å². The minimum Gasteiger partial charge on any atom is -0.394 e. The standard InChI is InChI=1S/C13H21NO2S/c1-3-14-10(2)11-4-6-13(7-5-11)17-9-12(16)8-15/h4-7,10,12,14-16H,3,8-9H2,1-2H3. The van der Waals surface area contributed by atoms with Crippen LogP contribution in [0.25, 0.3) is 0 Å². The van der Waals surface area contributed by atoms with E-state index in [-0.39, 0.29) is 6.61 Å². The Morgan fingerprint density at radius 3 is 2.47 bits per heavy atom. The van der Waals surface area contributed by atoms with Crippen molar-refractivity contribution in [3.63, 3.8) is 0 Å². The fourth-order valence-electron chi connectivity index (χ4n) is 1.52. The molecule has 96 valence electrons. The van der Waals surface area contributed by atoms with Crippen LogP contribution in [0.15, 0.2) is 29.2 Å². The van der Waals surface area contributed by atoms with Gasteiger partial charge in [-0.25, -0.2) is 0 Å². The Morgan fingerprint density at radius 1 is 1.29 bits per heavy atom. The summed E-state index contributed by atoms with van der Waals surface area (Å²) in [7, 11) is 0. The predicted octanol–water partition coefficient (Wildman–Crippen LogP) is 1.80. The smallest absolute Gasteiger partial charge is 0.0864 e. The van der Waals surface area contributed by atoms with Crippen LogP contribution in [0.3, 0.4) is 0 Å². The van der Waals surface area contributed by atoms with Crippen LogP contribution >= 0.6 is 11.8 Å². The highest BCUT2D eigenvalue weighted by atomic mass is 32.2. The van der Waals surface area contributed by atoms with Gasteiger partial charge in [0, 0.05) is 16.7 Å². The minimum absolute atomic E-state index is 0.178. The van der Waals surface area contributed by atoms with Crippen molar-refractivity contribution in [3.05, 3.63) is 29.8 Å². The van der Waals surface area contributed by atoms with Crippen LogP contribution in [0.4, 0.5) is 0 Å². The van der Waals surface area contributed by atoms with Crippen molar-refractivity contribution in [2.75, 3.05) is 18.9 Å². The molecule has 4 heteroatoms. The van der Waals surface area contributed by atoms with E-state index in [0.29, 0.717) is 11.8 Å². The molecule has 0 amide bonds. The molecule has 3 N–H and O–H groups in total. The average molecular weight is 255 g/mol. The third-order valence-corrected chi connectivity index (χ3v) is 3.70. The van der Waals surface area contributed by atoms with Crippen molar-refractivity contribution in [1.29, 1.82) is 0 Å². The lowest BCUT2D eigenvalue weighted by Gasteiger charge is -2.13. The highest BCUT2D eigenvalue weighted by Crippen LogP contribution is 2.21. The predicted molar refractivity (Wildman–Crippen MR) is 72.4 cm³/mol. The number of benzene rings is 1. The zero-order valence-electron chi connectivity index (χ0n) is 10.4. The van der Waals surface area contributed by atoms with Gasteiger partial charge in [-0.3, -0.25) is 0 Å². The van der Waals surface area contributed by atoms with E-state index in [1.165, 1.54) is 5.56 Å². The largest absolute Gasteiger partial charge is 0.394 e.